The molecular weight excluding hydrogens is 192 g/mol. The third-order valence-electron chi connectivity index (χ3n) is 3.64. The Morgan fingerprint density at radius 3 is 3.00 bits per heavy atom. The molecule has 4 nitrogen and oxygen atoms in total. The number of hydrogen-bond acceptors (Lipinski definition) is 3. The van der Waals surface area contributed by atoms with Gasteiger partial charge in [-0.1, -0.05) is 6.92 Å². The summed E-state index contributed by atoms with van der Waals surface area (Å²) in [6, 6.07) is 0.346. The van der Waals surface area contributed by atoms with E-state index in [0.29, 0.717) is 18.6 Å². The summed E-state index contributed by atoms with van der Waals surface area (Å²) in [5.41, 5.74) is 0. The Morgan fingerprint density at radius 1 is 1.67 bits per heavy atom. The van der Waals surface area contributed by atoms with Gasteiger partial charge in [0.05, 0.1) is 19.3 Å². The maximum absolute atomic E-state index is 12.0. The minimum Gasteiger partial charge on any atom is -0.381 e. The highest BCUT2D eigenvalue weighted by atomic mass is 16.5. The first-order chi connectivity index (χ1) is 7.24. The molecule has 0 spiro atoms. The first-order valence-corrected chi connectivity index (χ1v) is 5.85. The smallest absolute Gasteiger partial charge is 0.241 e. The number of carbonyl (C=O) groups is 1. The average molecular weight is 212 g/mol. The summed E-state index contributed by atoms with van der Waals surface area (Å²) in [7, 11) is 0. The fourth-order valence-corrected chi connectivity index (χ4v) is 2.43. The topological polar surface area (TPSA) is 41.6 Å². The minimum absolute atomic E-state index is 0.0368. The van der Waals surface area contributed by atoms with Gasteiger partial charge in [-0.2, -0.15) is 0 Å². The molecule has 0 radical (unpaired) electrons. The van der Waals surface area contributed by atoms with E-state index in [1.807, 2.05) is 11.8 Å². The van der Waals surface area contributed by atoms with Gasteiger partial charge < -0.3 is 9.64 Å². The fraction of sp³-hybridized carbons (Fsp3) is 0.909. The molecule has 15 heavy (non-hydrogen) atoms. The third-order valence-corrected chi connectivity index (χ3v) is 3.64. The number of hydrogen-bond donors (Lipinski definition) is 1. The number of nitrogens with zero attached hydrogens (tertiary/aromatic N) is 1. The van der Waals surface area contributed by atoms with Gasteiger partial charge in [0.2, 0.25) is 5.91 Å². The average Bonchev–Trinajstić information content (AvgIpc) is 2.85. The van der Waals surface area contributed by atoms with Crippen LogP contribution in [0.25, 0.3) is 0 Å². The summed E-state index contributed by atoms with van der Waals surface area (Å²) in [5, 5.41) is 3.25. The van der Waals surface area contributed by atoms with Crippen LogP contribution >= 0.6 is 0 Å². The van der Waals surface area contributed by atoms with Gasteiger partial charge in [0, 0.05) is 18.6 Å². The zero-order valence-electron chi connectivity index (χ0n) is 9.53. The maximum atomic E-state index is 12.0. The van der Waals surface area contributed by atoms with Crippen LogP contribution in [0.3, 0.4) is 0 Å². The van der Waals surface area contributed by atoms with Crippen molar-refractivity contribution in [2.24, 2.45) is 5.92 Å². The molecule has 0 bridgehead atoms. The second kappa shape index (κ2) is 4.49. The normalized spacial score (nSPS) is 33.7. The van der Waals surface area contributed by atoms with Crippen molar-refractivity contribution in [1.29, 1.82) is 0 Å². The number of carbonyl (C=O) groups excluding carboxylic acids is 1. The first-order valence-electron chi connectivity index (χ1n) is 5.85. The Morgan fingerprint density at radius 2 is 2.47 bits per heavy atom. The molecule has 0 aromatic heterocycles. The van der Waals surface area contributed by atoms with Gasteiger partial charge in [-0.3, -0.25) is 10.1 Å². The van der Waals surface area contributed by atoms with Crippen LogP contribution in [0.2, 0.25) is 0 Å². The molecule has 0 aromatic carbocycles. The quantitative estimate of drug-likeness (QED) is 0.744. The van der Waals surface area contributed by atoms with E-state index < -0.39 is 0 Å². The van der Waals surface area contributed by atoms with Crippen molar-refractivity contribution in [3.05, 3.63) is 0 Å². The van der Waals surface area contributed by atoms with Crippen LogP contribution in [0.1, 0.15) is 26.7 Å². The second-order valence-electron chi connectivity index (χ2n) is 4.50. The molecular formula is C11H20N2O2. The second-order valence-corrected chi connectivity index (χ2v) is 4.50. The van der Waals surface area contributed by atoms with Crippen LogP contribution in [0, 0.1) is 5.92 Å². The van der Waals surface area contributed by atoms with Crippen molar-refractivity contribution in [3.8, 4) is 0 Å². The van der Waals surface area contributed by atoms with Gasteiger partial charge in [0.25, 0.3) is 0 Å². The van der Waals surface area contributed by atoms with E-state index in [1.165, 1.54) is 0 Å². The van der Waals surface area contributed by atoms with Crippen molar-refractivity contribution in [2.45, 2.75) is 38.8 Å². The largest absolute Gasteiger partial charge is 0.381 e. The monoisotopic (exact) mass is 212 g/mol. The van der Waals surface area contributed by atoms with Gasteiger partial charge in [0.15, 0.2) is 0 Å². The van der Waals surface area contributed by atoms with Gasteiger partial charge >= 0.3 is 0 Å². The molecule has 4 heteroatoms. The molecule has 2 saturated heterocycles. The predicted octanol–water partition coefficient (Wildman–Crippen LogP) is 0.579. The molecule has 2 heterocycles. The molecule has 2 rings (SSSR count). The molecule has 1 amide bonds. The lowest BCUT2D eigenvalue weighted by atomic mass is 9.99. The minimum atomic E-state index is 0.0368. The first kappa shape index (κ1) is 10.9. The Hall–Kier alpha value is -0.610. The molecule has 2 fully saturated rings. The highest BCUT2D eigenvalue weighted by molar-refractivity contribution is 5.83. The van der Waals surface area contributed by atoms with E-state index in [4.69, 9.17) is 4.74 Å². The van der Waals surface area contributed by atoms with Crippen molar-refractivity contribution in [3.63, 3.8) is 0 Å². The highest BCUT2D eigenvalue weighted by Gasteiger charge is 2.36. The SMILES string of the molecule is CCC1NCN(C(C)C2CCOC2)C1=O. The van der Waals surface area contributed by atoms with Crippen molar-refractivity contribution < 1.29 is 9.53 Å². The number of ether oxygens (including phenoxy) is 1. The molecule has 2 aliphatic heterocycles. The molecule has 86 valence electrons. The number of rotatable bonds is 3. The van der Waals surface area contributed by atoms with E-state index >= 15 is 0 Å². The summed E-state index contributed by atoms with van der Waals surface area (Å²) < 4.78 is 5.37. The zero-order valence-corrected chi connectivity index (χ0v) is 9.53. The number of nitrogens with one attached hydrogen (secondary N) is 1. The summed E-state index contributed by atoms with van der Waals surface area (Å²) in [6.07, 6.45) is 1.96. The van der Waals surface area contributed by atoms with Crippen molar-refractivity contribution in [2.75, 3.05) is 19.9 Å². The third kappa shape index (κ3) is 2.01. The number of amides is 1. The van der Waals surface area contributed by atoms with E-state index in [0.717, 1.165) is 26.1 Å². The van der Waals surface area contributed by atoms with E-state index in [1.54, 1.807) is 0 Å². The molecule has 3 unspecified atom stereocenters. The maximum Gasteiger partial charge on any atom is 0.241 e. The van der Waals surface area contributed by atoms with Gasteiger partial charge in [-0.05, 0) is 19.8 Å². The fourth-order valence-electron chi connectivity index (χ4n) is 2.43. The van der Waals surface area contributed by atoms with Gasteiger partial charge in [-0.25, -0.2) is 0 Å². The van der Waals surface area contributed by atoms with Crippen LogP contribution in [0.15, 0.2) is 0 Å². The summed E-state index contributed by atoms with van der Waals surface area (Å²) >= 11 is 0. The summed E-state index contributed by atoms with van der Waals surface area (Å²) in [5.74, 6) is 0.781. The molecule has 0 aromatic rings. The Bertz CT molecular complexity index is 239. The van der Waals surface area contributed by atoms with E-state index in [9.17, 15) is 4.79 Å². The Balaban J connectivity index is 1.95. The van der Waals surface area contributed by atoms with Crippen LogP contribution < -0.4 is 5.32 Å². The van der Waals surface area contributed by atoms with Crippen LogP contribution in [0.4, 0.5) is 0 Å². The molecule has 3 atom stereocenters. The molecule has 1 N–H and O–H groups in total. The van der Waals surface area contributed by atoms with Crippen molar-refractivity contribution in [1.82, 2.24) is 10.2 Å². The zero-order chi connectivity index (χ0) is 10.8. The Kier molecular flexibility index (Phi) is 3.26. The van der Waals surface area contributed by atoms with Crippen LogP contribution in [-0.4, -0.2) is 42.8 Å². The van der Waals surface area contributed by atoms with Gasteiger partial charge in [0.1, 0.15) is 0 Å². The van der Waals surface area contributed by atoms with Crippen LogP contribution in [0.5, 0.6) is 0 Å². The highest BCUT2D eigenvalue weighted by Crippen LogP contribution is 2.23. The molecule has 0 aliphatic carbocycles. The predicted molar refractivity (Wildman–Crippen MR) is 57.3 cm³/mol. The lowest BCUT2D eigenvalue weighted by molar-refractivity contribution is -0.131. The van der Waals surface area contributed by atoms with E-state index in [-0.39, 0.29) is 11.9 Å². The summed E-state index contributed by atoms with van der Waals surface area (Å²) in [6.45, 7) is 6.54. The molecule has 2 aliphatic rings. The molecule has 0 saturated carbocycles. The Labute approximate surface area is 91.0 Å². The summed E-state index contributed by atoms with van der Waals surface area (Å²) in [4.78, 5) is 13.9. The van der Waals surface area contributed by atoms with Crippen molar-refractivity contribution >= 4 is 5.91 Å². The van der Waals surface area contributed by atoms with Crippen LogP contribution in [-0.2, 0) is 9.53 Å². The lowest BCUT2D eigenvalue weighted by Gasteiger charge is -2.28. The lowest BCUT2D eigenvalue weighted by Crippen LogP contribution is -2.41. The standard InChI is InChI=1S/C11H20N2O2/c1-3-10-11(14)13(7-12-10)8(2)9-4-5-15-6-9/h8-10,12H,3-7H2,1-2H3. The van der Waals surface area contributed by atoms with E-state index in [2.05, 4.69) is 12.2 Å². The van der Waals surface area contributed by atoms with Gasteiger partial charge in [-0.15, -0.1) is 0 Å².